The number of halogens is 1. The van der Waals surface area contributed by atoms with Gasteiger partial charge in [-0.15, -0.1) is 11.6 Å². The van der Waals surface area contributed by atoms with Crippen molar-refractivity contribution < 1.29 is 9.47 Å². The van der Waals surface area contributed by atoms with Gasteiger partial charge in [-0.25, -0.2) is 0 Å². The topological polar surface area (TPSA) is 18.5 Å². The zero-order chi connectivity index (χ0) is 12.8. The SMILES string of the molecule is COc1ccc(OC)c(C(CCCl)C(C)C)c1. The van der Waals surface area contributed by atoms with Gasteiger partial charge < -0.3 is 9.47 Å². The van der Waals surface area contributed by atoms with Crippen molar-refractivity contribution in [3.8, 4) is 11.5 Å². The van der Waals surface area contributed by atoms with E-state index < -0.39 is 0 Å². The van der Waals surface area contributed by atoms with Crippen LogP contribution < -0.4 is 9.47 Å². The van der Waals surface area contributed by atoms with Gasteiger partial charge in [0.1, 0.15) is 11.5 Å². The Morgan fingerprint density at radius 3 is 2.35 bits per heavy atom. The molecule has 1 atom stereocenters. The molecule has 96 valence electrons. The van der Waals surface area contributed by atoms with E-state index in [0.29, 0.717) is 17.7 Å². The highest BCUT2D eigenvalue weighted by Gasteiger charge is 2.19. The molecule has 1 unspecified atom stereocenters. The fraction of sp³-hybridized carbons (Fsp3) is 0.571. The Kier molecular flexibility index (Phi) is 5.63. The molecule has 0 aliphatic heterocycles. The summed E-state index contributed by atoms with van der Waals surface area (Å²) < 4.78 is 10.7. The van der Waals surface area contributed by atoms with Gasteiger partial charge in [0, 0.05) is 11.4 Å². The van der Waals surface area contributed by atoms with Gasteiger partial charge >= 0.3 is 0 Å². The number of alkyl halides is 1. The second kappa shape index (κ2) is 6.75. The first-order chi connectivity index (χ1) is 8.13. The molecule has 2 nitrogen and oxygen atoms in total. The van der Waals surface area contributed by atoms with Crippen LogP contribution in [0.4, 0.5) is 0 Å². The van der Waals surface area contributed by atoms with Crippen molar-refractivity contribution in [1.29, 1.82) is 0 Å². The summed E-state index contributed by atoms with van der Waals surface area (Å²) in [6.07, 6.45) is 0.947. The minimum Gasteiger partial charge on any atom is -0.497 e. The van der Waals surface area contributed by atoms with Crippen molar-refractivity contribution in [2.45, 2.75) is 26.2 Å². The summed E-state index contributed by atoms with van der Waals surface area (Å²) in [6, 6.07) is 5.92. The lowest BCUT2D eigenvalue weighted by atomic mass is 9.85. The van der Waals surface area contributed by atoms with E-state index in [1.54, 1.807) is 14.2 Å². The van der Waals surface area contributed by atoms with Crippen LogP contribution in [0.2, 0.25) is 0 Å². The summed E-state index contributed by atoms with van der Waals surface area (Å²) >= 11 is 5.89. The van der Waals surface area contributed by atoms with E-state index in [-0.39, 0.29) is 0 Å². The van der Waals surface area contributed by atoms with Crippen LogP contribution >= 0.6 is 11.6 Å². The average molecular weight is 257 g/mol. The fourth-order valence-corrected chi connectivity index (χ4v) is 2.33. The maximum atomic E-state index is 5.89. The van der Waals surface area contributed by atoms with Crippen molar-refractivity contribution in [2.24, 2.45) is 5.92 Å². The van der Waals surface area contributed by atoms with Crippen molar-refractivity contribution in [2.75, 3.05) is 20.1 Å². The number of benzene rings is 1. The summed E-state index contributed by atoms with van der Waals surface area (Å²) in [6.45, 7) is 4.41. The molecule has 0 heterocycles. The van der Waals surface area contributed by atoms with Gasteiger partial charge in [-0.2, -0.15) is 0 Å². The van der Waals surface area contributed by atoms with Gasteiger partial charge in [0.2, 0.25) is 0 Å². The van der Waals surface area contributed by atoms with E-state index in [0.717, 1.165) is 17.9 Å². The highest BCUT2D eigenvalue weighted by molar-refractivity contribution is 6.17. The molecule has 0 N–H and O–H groups in total. The van der Waals surface area contributed by atoms with Crippen molar-refractivity contribution in [3.63, 3.8) is 0 Å². The predicted molar refractivity (Wildman–Crippen MR) is 72.5 cm³/mol. The molecule has 0 radical (unpaired) electrons. The lowest BCUT2D eigenvalue weighted by molar-refractivity contribution is 0.384. The molecule has 1 aromatic carbocycles. The molecule has 0 spiro atoms. The number of ether oxygens (including phenoxy) is 2. The third kappa shape index (κ3) is 3.53. The van der Waals surface area contributed by atoms with Gasteiger partial charge in [0.15, 0.2) is 0 Å². The minimum atomic E-state index is 0.401. The normalized spacial score (nSPS) is 12.6. The van der Waals surface area contributed by atoms with Crippen LogP contribution in [0.15, 0.2) is 18.2 Å². The van der Waals surface area contributed by atoms with Crippen LogP contribution in [0.25, 0.3) is 0 Å². The first-order valence-electron chi connectivity index (χ1n) is 5.91. The van der Waals surface area contributed by atoms with E-state index in [2.05, 4.69) is 19.9 Å². The van der Waals surface area contributed by atoms with Gasteiger partial charge in [-0.05, 0) is 36.5 Å². The lowest BCUT2D eigenvalue weighted by Gasteiger charge is -2.23. The van der Waals surface area contributed by atoms with E-state index in [1.165, 1.54) is 5.56 Å². The Hall–Kier alpha value is -0.890. The molecular formula is C14H21ClO2. The van der Waals surface area contributed by atoms with E-state index >= 15 is 0 Å². The average Bonchev–Trinajstić information content (AvgIpc) is 2.34. The zero-order valence-electron chi connectivity index (χ0n) is 11.0. The molecule has 17 heavy (non-hydrogen) atoms. The smallest absolute Gasteiger partial charge is 0.122 e. The molecule has 0 bridgehead atoms. The largest absolute Gasteiger partial charge is 0.497 e. The highest BCUT2D eigenvalue weighted by Crippen LogP contribution is 2.36. The summed E-state index contributed by atoms with van der Waals surface area (Å²) in [4.78, 5) is 0. The van der Waals surface area contributed by atoms with Crippen molar-refractivity contribution in [1.82, 2.24) is 0 Å². The first-order valence-corrected chi connectivity index (χ1v) is 6.45. The molecular weight excluding hydrogens is 236 g/mol. The summed E-state index contributed by atoms with van der Waals surface area (Å²) in [7, 11) is 3.38. The van der Waals surface area contributed by atoms with Crippen LogP contribution in [-0.2, 0) is 0 Å². The molecule has 0 saturated carbocycles. The molecule has 3 heteroatoms. The Morgan fingerprint density at radius 2 is 1.88 bits per heavy atom. The predicted octanol–water partition coefficient (Wildman–Crippen LogP) is 4.07. The summed E-state index contributed by atoms with van der Waals surface area (Å²) in [5, 5.41) is 0. The highest BCUT2D eigenvalue weighted by atomic mass is 35.5. The maximum absolute atomic E-state index is 5.89. The molecule has 1 aromatic rings. The second-order valence-electron chi connectivity index (χ2n) is 4.44. The third-order valence-corrected chi connectivity index (χ3v) is 3.28. The van der Waals surface area contributed by atoms with Gasteiger partial charge in [0.05, 0.1) is 14.2 Å². The molecule has 0 aromatic heterocycles. The van der Waals surface area contributed by atoms with Crippen LogP contribution in [0.1, 0.15) is 31.7 Å². The van der Waals surface area contributed by atoms with Gasteiger partial charge in [-0.1, -0.05) is 13.8 Å². The molecule has 0 saturated heterocycles. The van der Waals surface area contributed by atoms with Crippen molar-refractivity contribution >= 4 is 11.6 Å². The quantitative estimate of drug-likeness (QED) is 0.715. The molecule has 1 rings (SSSR count). The minimum absolute atomic E-state index is 0.401. The third-order valence-electron chi connectivity index (χ3n) is 3.06. The molecule has 0 aliphatic carbocycles. The van der Waals surface area contributed by atoms with Crippen molar-refractivity contribution in [3.05, 3.63) is 23.8 Å². The Bertz CT molecular complexity index is 350. The summed E-state index contributed by atoms with van der Waals surface area (Å²) in [5.41, 5.74) is 1.18. The zero-order valence-corrected chi connectivity index (χ0v) is 11.8. The monoisotopic (exact) mass is 256 g/mol. The van der Waals surface area contributed by atoms with E-state index in [9.17, 15) is 0 Å². The van der Waals surface area contributed by atoms with E-state index in [1.807, 2.05) is 12.1 Å². The first kappa shape index (κ1) is 14.2. The van der Waals surface area contributed by atoms with Crippen LogP contribution in [0.3, 0.4) is 0 Å². The van der Waals surface area contributed by atoms with E-state index in [4.69, 9.17) is 21.1 Å². The van der Waals surface area contributed by atoms with Gasteiger partial charge in [0.25, 0.3) is 0 Å². The Morgan fingerprint density at radius 1 is 1.18 bits per heavy atom. The molecule has 0 fully saturated rings. The Balaban J connectivity index is 3.13. The van der Waals surface area contributed by atoms with Crippen LogP contribution in [0, 0.1) is 5.92 Å². The van der Waals surface area contributed by atoms with Gasteiger partial charge in [-0.3, -0.25) is 0 Å². The number of hydrogen-bond acceptors (Lipinski definition) is 2. The summed E-state index contributed by atoms with van der Waals surface area (Å²) in [5.74, 6) is 3.35. The Labute approximate surface area is 109 Å². The number of rotatable bonds is 6. The number of hydrogen-bond donors (Lipinski definition) is 0. The van der Waals surface area contributed by atoms with Crippen LogP contribution in [0.5, 0.6) is 11.5 Å². The van der Waals surface area contributed by atoms with Crippen LogP contribution in [-0.4, -0.2) is 20.1 Å². The fourth-order valence-electron chi connectivity index (χ4n) is 2.09. The lowest BCUT2D eigenvalue weighted by Crippen LogP contribution is -2.09. The maximum Gasteiger partial charge on any atom is 0.122 e. The molecule has 0 amide bonds. The standard InChI is InChI=1S/C14H21ClO2/c1-10(2)12(7-8-15)13-9-11(16-3)5-6-14(13)17-4/h5-6,9-10,12H,7-8H2,1-4H3. The second-order valence-corrected chi connectivity index (χ2v) is 4.81. The molecule has 0 aliphatic rings. The number of methoxy groups -OCH3 is 2.